The van der Waals surface area contributed by atoms with Gasteiger partial charge in [-0.3, -0.25) is 4.98 Å². The molecule has 0 aliphatic heterocycles. The molecule has 0 saturated heterocycles. The summed E-state index contributed by atoms with van der Waals surface area (Å²) in [5.74, 6) is 3.31. The maximum absolute atomic E-state index is 9.61. The van der Waals surface area contributed by atoms with Gasteiger partial charge in [0.05, 0.1) is 38.6 Å². The molecule has 2 N–H and O–H groups in total. The van der Waals surface area contributed by atoms with Crippen molar-refractivity contribution in [1.82, 2.24) is 4.98 Å². The highest BCUT2D eigenvalue weighted by Crippen LogP contribution is 2.46. The Bertz CT molecular complexity index is 1370. The van der Waals surface area contributed by atoms with Crippen LogP contribution in [0.3, 0.4) is 0 Å². The average Bonchev–Trinajstić information content (AvgIpc) is 3.70. The van der Waals surface area contributed by atoms with Crippen LogP contribution in [0.2, 0.25) is 0 Å². The van der Waals surface area contributed by atoms with Crippen LogP contribution < -0.4 is 24.3 Å². The lowest BCUT2D eigenvalue weighted by molar-refractivity contribution is 0.144. The van der Waals surface area contributed by atoms with Crippen molar-refractivity contribution in [3.63, 3.8) is 0 Å². The Labute approximate surface area is 210 Å². The number of aryl methyl sites for hydroxylation is 1. The first-order valence-electron chi connectivity index (χ1n) is 11.9. The number of aliphatic hydroxyl groups is 1. The molecule has 5 rings (SSSR count). The molecule has 1 aromatic heterocycles. The number of para-hydroxylation sites is 2. The molecule has 1 saturated carbocycles. The van der Waals surface area contributed by atoms with Crippen molar-refractivity contribution in [1.29, 1.82) is 0 Å². The summed E-state index contributed by atoms with van der Waals surface area (Å²) in [5, 5.41) is 14.1. The van der Waals surface area contributed by atoms with Gasteiger partial charge in [-0.1, -0.05) is 12.1 Å². The zero-order valence-corrected chi connectivity index (χ0v) is 20.7. The maximum atomic E-state index is 9.61. The van der Waals surface area contributed by atoms with Crippen LogP contribution in [0.25, 0.3) is 10.9 Å². The molecule has 7 heteroatoms. The molecule has 36 heavy (non-hydrogen) atoms. The van der Waals surface area contributed by atoms with Crippen molar-refractivity contribution in [3.05, 3.63) is 72.4 Å². The monoisotopic (exact) mass is 486 g/mol. The molecule has 0 unspecified atom stereocenters. The zero-order valence-electron chi connectivity index (χ0n) is 20.7. The quantitative estimate of drug-likeness (QED) is 0.274. The van der Waals surface area contributed by atoms with Gasteiger partial charge in [0, 0.05) is 28.8 Å². The topological polar surface area (TPSA) is 82.1 Å². The highest BCUT2D eigenvalue weighted by atomic mass is 16.5. The SMILES string of the molecule is COc1cc2c(Nc3ccc(Oc4ccccc4OC)cc3)c(C)cnc2cc1OCC1(CO)CC1. The van der Waals surface area contributed by atoms with E-state index in [-0.39, 0.29) is 12.0 Å². The Morgan fingerprint density at radius 2 is 1.64 bits per heavy atom. The van der Waals surface area contributed by atoms with Crippen molar-refractivity contribution in [2.75, 3.05) is 32.8 Å². The Morgan fingerprint density at radius 3 is 2.31 bits per heavy atom. The predicted molar refractivity (Wildman–Crippen MR) is 140 cm³/mol. The van der Waals surface area contributed by atoms with Crippen LogP contribution in [0.4, 0.5) is 11.4 Å². The van der Waals surface area contributed by atoms with E-state index in [0.717, 1.165) is 40.7 Å². The van der Waals surface area contributed by atoms with Gasteiger partial charge in [-0.25, -0.2) is 0 Å². The summed E-state index contributed by atoms with van der Waals surface area (Å²) in [7, 11) is 3.25. The number of aliphatic hydroxyl groups excluding tert-OH is 1. The van der Waals surface area contributed by atoms with Gasteiger partial charge >= 0.3 is 0 Å². The number of benzene rings is 3. The van der Waals surface area contributed by atoms with Crippen LogP contribution >= 0.6 is 0 Å². The van der Waals surface area contributed by atoms with Gasteiger partial charge in [-0.05, 0) is 67.8 Å². The minimum Gasteiger partial charge on any atom is -0.493 e. The fourth-order valence-corrected chi connectivity index (χ4v) is 4.07. The van der Waals surface area contributed by atoms with Crippen LogP contribution in [-0.2, 0) is 0 Å². The highest BCUT2D eigenvalue weighted by Gasteiger charge is 2.43. The number of nitrogens with zero attached hydrogens (tertiary/aromatic N) is 1. The van der Waals surface area contributed by atoms with Crippen LogP contribution in [0.1, 0.15) is 18.4 Å². The van der Waals surface area contributed by atoms with E-state index in [1.54, 1.807) is 14.2 Å². The van der Waals surface area contributed by atoms with Gasteiger partial charge in [0.2, 0.25) is 0 Å². The number of ether oxygens (including phenoxy) is 4. The zero-order chi connectivity index (χ0) is 25.1. The van der Waals surface area contributed by atoms with Crippen molar-refractivity contribution in [2.24, 2.45) is 5.41 Å². The van der Waals surface area contributed by atoms with Gasteiger partial charge in [0.1, 0.15) is 5.75 Å². The van der Waals surface area contributed by atoms with Crippen molar-refractivity contribution in [2.45, 2.75) is 19.8 Å². The smallest absolute Gasteiger partial charge is 0.169 e. The first kappa shape index (κ1) is 23.8. The minimum absolute atomic E-state index is 0.116. The normalized spacial score (nSPS) is 13.8. The molecule has 0 amide bonds. The van der Waals surface area contributed by atoms with Crippen molar-refractivity contribution >= 4 is 22.3 Å². The highest BCUT2D eigenvalue weighted by molar-refractivity contribution is 5.96. The summed E-state index contributed by atoms with van der Waals surface area (Å²) < 4.78 is 23.1. The molecule has 1 aliphatic carbocycles. The Morgan fingerprint density at radius 1 is 0.917 bits per heavy atom. The first-order chi connectivity index (χ1) is 17.5. The third-order valence-corrected chi connectivity index (χ3v) is 6.59. The van der Waals surface area contributed by atoms with E-state index in [0.29, 0.717) is 35.4 Å². The van der Waals surface area contributed by atoms with Gasteiger partial charge in [-0.2, -0.15) is 0 Å². The molecular weight excluding hydrogens is 456 g/mol. The second-order valence-corrected chi connectivity index (χ2v) is 9.19. The van der Waals surface area contributed by atoms with Crippen molar-refractivity contribution in [3.8, 4) is 28.7 Å². The van der Waals surface area contributed by atoms with E-state index in [4.69, 9.17) is 18.9 Å². The van der Waals surface area contributed by atoms with Crippen molar-refractivity contribution < 1.29 is 24.1 Å². The summed E-state index contributed by atoms with van der Waals surface area (Å²) in [6.45, 7) is 2.62. The molecule has 3 aromatic carbocycles. The van der Waals surface area contributed by atoms with E-state index in [1.165, 1.54) is 0 Å². The summed E-state index contributed by atoms with van der Waals surface area (Å²) >= 11 is 0. The lowest BCUT2D eigenvalue weighted by Gasteiger charge is -2.18. The molecule has 186 valence electrons. The lowest BCUT2D eigenvalue weighted by Crippen LogP contribution is -2.17. The number of anilines is 2. The summed E-state index contributed by atoms with van der Waals surface area (Å²) in [6.07, 6.45) is 3.80. The minimum atomic E-state index is -0.116. The Hall–Kier alpha value is -3.97. The molecule has 7 nitrogen and oxygen atoms in total. The molecular formula is C29H30N2O5. The van der Waals surface area contributed by atoms with Gasteiger partial charge in [-0.15, -0.1) is 0 Å². The summed E-state index contributed by atoms with van der Waals surface area (Å²) in [5.41, 5.74) is 3.54. The maximum Gasteiger partial charge on any atom is 0.169 e. The fourth-order valence-electron chi connectivity index (χ4n) is 4.07. The van der Waals surface area contributed by atoms with Gasteiger partial charge < -0.3 is 29.4 Å². The molecule has 1 fully saturated rings. The standard InChI is InChI=1S/C29H30N2O5/c1-19-16-30-23-15-27(35-18-29(17-32)12-13-29)26(34-3)14-22(23)28(19)31-20-8-10-21(11-9-20)36-25-7-5-4-6-24(25)33-2/h4-11,14-16,32H,12-13,17-18H2,1-3H3,(H,30,31). The van der Waals surface area contributed by atoms with Gasteiger partial charge in [0.15, 0.2) is 23.0 Å². The molecule has 0 bridgehead atoms. The number of nitrogens with one attached hydrogen (secondary N) is 1. The van der Waals surface area contributed by atoms with E-state index in [2.05, 4.69) is 10.3 Å². The average molecular weight is 487 g/mol. The van der Waals surface area contributed by atoms with Crippen LogP contribution in [0, 0.1) is 12.3 Å². The molecule has 1 heterocycles. The van der Waals surface area contributed by atoms with Crippen LogP contribution in [0.5, 0.6) is 28.7 Å². The second kappa shape index (κ2) is 9.95. The van der Waals surface area contributed by atoms with Crippen LogP contribution in [0.15, 0.2) is 66.9 Å². The number of aromatic nitrogens is 1. The first-order valence-corrected chi connectivity index (χ1v) is 11.9. The third-order valence-electron chi connectivity index (χ3n) is 6.59. The second-order valence-electron chi connectivity index (χ2n) is 9.19. The van der Waals surface area contributed by atoms with E-state index < -0.39 is 0 Å². The summed E-state index contributed by atoms with van der Waals surface area (Å²) in [6, 6.07) is 19.2. The van der Waals surface area contributed by atoms with E-state index in [1.807, 2.05) is 73.8 Å². The number of hydrogen-bond acceptors (Lipinski definition) is 7. The lowest BCUT2D eigenvalue weighted by atomic mass is 10.1. The van der Waals surface area contributed by atoms with Gasteiger partial charge in [0.25, 0.3) is 0 Å². The van der Waals surface area contributed by atoms with Crippen LogP contribution in [-0.4, -0.2) is 37.5 Å². The number of pyridine rings is 1. The molecule has 0 atom stereocenters. The number of fused-ring (bicyclic) bond motifs is 1. The molecule has 4 aromatic rings. The fraction of sp³-hybridized carbons (Fsp3) is 0.276. The largest absolute Gasteiger partial charge is 0.493 e. The number of hydrogen-bond donors (Lipinski definition) is 2. The summed E-state index contributed by atoms with van der Waals surface area (Å²) in [4.78, 5) is 4.62. The molecule has 0 spiro atoms. The van der Waals surface area contributed by atoms with E-state index >= 15 is 0 Å². The third kappa shape index (κ3) is 4.88. The number of methoxy groups -OCH3 is 2. The predicted octanol–water partition coefficient (Wildman–Crippen LogP) is 6.25. The number of rotatable bonds is 10. The van der Waals surface area contributed by atoms with E-state index in [9.17, 15) is 5.11 Å². The Kier molecular flexibility index (Phi) is 6.57. The molecule has 0 radical (unpaired) electrons. The molecule has 1 aliphatic rings. The Balaban J connectivity index is 1.38.